The number of hydrogen-bond acceptors (Lipinski definition) is 1. The van der Waals surface area contributed by atoms with E-state index in [1.165, 1.54) is 5.56 Å². The van der Waals surface area contributed by atoms with Crippen LogP contribution >= 0.6 is 0 Å². The molecule has 2 rings (SSSR count). The van der Waals surface area contributed by atoms with Crippen LogP contribution in [0.15, 0.2) is 48.5 Å². The Hall–Kier alpha value is -2.07. The van der Waals surface area contributed by atoms with Crippen LogP contribution < -0.4 is 0 Å². The monoisotopic (exact) mass is 222 g/mol. The van der Waals surface area contributed by atoms with Crippen LogP contribution in [0.4, 0.5) is 0 Å². The lowest BCUT2D eigenvalue weighted by molar-refractivity contribution is 0.922. The molecule has 0 saturated carbocycles. The third-order valence-electron chi connectivity index (χ3n) is 2.77. The van der Waals surface area contributed by atoms with Gasteiger partial charge in [0.25, 0.3) is 0 Å². The van der Waals surface area contributed by atoms with E-state index in [1.54, 1.807) is 6.07 Å². The molecule has 84 valence electrons. The molecule has 0 saturated heterocycles. The van der Waals surface area contributed by atoms with Gasteiger partial charge in [-0.1, -0.05) is 55.8 Å². The highest BCUT2D eigenvalue weighted by Crippen LogP contribution is 2.23. The molecule has 0 aromatic heterocycles. The summed E-state index contributed by atoms with van der Waals surface area (Å²) in [6.07, 6.45) is 2.20. The standard InChI is InChI=1S/C16H15N/c1-2-5-13-8-10-14(11-9-13)16-7-4-3-6-15(16)12-17/h3-4,6-11H,2,5H2,1H3/i6D. The molecule has 0 fully saturated rings. The molecule has 0 heterocycles. The van der Waals surface area contributed by atoms with Crippen molar-refractivity contribution in [3.05, 3.63) is 59.6 Å². The Morgan fingerprint density at radius 2 is 1.94 bits per heavy atom. The summed E-state index contributed by atoms with van der Waals surface area (Å²) in [5, 5.41) is 9.13. The van der Waals surface area contributed by atoms with Gasteiger partial charge in [0.05, 0.1) is 13.0 Å². The first-order chi connectivity index (χ1) is 8.76. The Bertz CT molecular complexity index is 579. The van der Waals surface area contributed by atoms with Crippen LogP contribution in [0.25, 0.3) is 11.1 Å². The molecule has 17 heavy (non-hydrogen) atoms. The van der Waals surface area contributed by atoms with Crippen molar-refractivity contribution in [3.63, 3.8) is 0 Å². The second kappa shape index (κ2) is 5.32. The van der Waals surface area contributed by atoms with Gasteiger partial charge in [0.2, 0.25) is 0 Å². The van der Waals surface area contributed by atoms with Gasteiger partial charge in [0.15, 0.2) is 0 Å². The molecule has 0 amide bonds. The van der Waals surface area contributed by atoms with E-state index in [0.29, 0.717) is 5.56 Å². The fourth-order valence-electron chi connectivity index (χ4n) is 1.91. The molecular formula is C16H15N. The zero-order valence-electron chi connectivity index (χ0n) is 10.9. The van der Waals surface area contributed by atoms with Gasteiger partial charge < -0.3 is 0 Å². The van der Waals surface area contributed by atoms with E-state index in [1.807, 2.05) is 24.3 Å². The largest absolute Gasteiger partial charge is 0.192 e. The predicted octanol–water partition coefficient (Wildman–Crippen LogP) is 4.18. The minimum absolute atomic E-state index is 0.285. The van der Waals surface area contributed by atoms with Crippen molar-refractivity contribution >= 4 is 0 Å². The van der Waals surface area contributed by atoms with Crippen molar-refractivity contribution < 1.29 is 1.37 Å². The maximum Gasteiger partial charge on any atom is 0.0998 e. The van der Waals surface area contributed by atoms with Crippen LogP contribution in [0.5, 0.6) is 0 Å². The first-order valence-corrected chi connectivity index (χ1v) is 5.85. The summed E-state index contributed by atoms with van der Waals surface area (Å²) in [6, 6.07) is 16.0. The van der Waals surface area contributed by atoms with Gasteiger partial charge in [-0.05, 0) is 29.2 Å². The number of rotatable bonds is 3. The molecule has 0 radical (unpaired) electrons. The average molecular weight is 222 g/mol. The van der Waals surface area contributed by atoms with Crippen LogP contribution in [0.2, 0.25) is 0 Å². The Morgan fingerprint density at radius 3 is 2.59 bits per heavy atom. The van der Waals surface area contributed by atoms with Crippen LogP contribution in [0.3, 0.4) is 0 Å². The quantitative estimate of drug-likeness (QED) is 0.764. The smallest absolute Gasteiger partial charge is 0.0998 e. The summed E-state index contributed by atoms with van der Waals surface area (Å²) >= 11 is 0. The van der Waals surface area contributed by atoms with Crippen molar-refractivity contribution in [2.24, 2.45) is 0 Å². The number of benzene rings is 2. The van der Waals surface area contributed by atoms with Gasteiger partial charge in [-0.15, -0.1) is 0 Å². The first-order valence-electron chi connectivity index (χ1n) is 6.35. The van der Waals surface area contributed by atoms with E-state index >= 15 is 0 Å². The molecule has 0 unspecified atom stereocenters. The van der Waals surface area contributed by atoms with Gasteiger partial charge in [-0.2, -0.15) is 5.26 Å². The van der Waals surface area contributed by atoms with E-state index in [4.69, 9.17) is 6.63 Å². The van der Waals surface area contributed by atoms with E-state index in [-0.39, 0.29) is 6.04 Å². The number of nitriles is 1. The summed E-state index contributed by atoms with van der Waals surface area (Å²) in [7, 11) is 0. The highest BCUT2D eigenvalue weighted by molar-refractivity contribution is 5.70. The molecule has 2 aromatic rings. The highest BCUT2D eigenvalue weighted by atomic mass is 14.2. The van der Waals surface area contributed by atoms with Crippen LogP contribution in [0, 0.1) is 11.3 Å². The number of hydrogen-bond donors (Lipinski definition) is 0. The van der Waals surface area contributed by atoms with Crippen molar-refractivity contribution in [2.45, 2.75) is 19.8 Å². The second-order valence-corrected chi connectivity index (χ2v) is 4.02. The zero-order chi connectivity index (χ0) is 13.0. The fraction of sp³-hybridized carbons (Fsp3) is 0.188. The summed E-state index contributed by atoms with van der Waals surface area (Å²) in [5.74, 6) is 0. The van der Waals surface area contributed by atoms with Gasteiger partial charge >= 0.3 is 0 Å². The molecule has 0 atom stereocenters. The van der Waals surface area contributed by atoms with E-state index in [9.17, 15) is 0 Å². The minimum Gasteiger partial charge on any atom is -0.192 e. The van der Waals surface area contributed by atoms with Gasteiger partial charge in [0.1, 0.15) is 0 Å². The minimum atomic E-state index is 0.285. The Kier molecular flexibility index (Phi) is 3.16. The molecule has 2 aromatic carbocycles. The lowest BCUT2D eigenvalue weighted by atomic mass is 9.98. The SMILES string of the molecule is [2H]c1cccc(-c2ccc(CCC)cc2)c1C#N. The molecule has 0 N–H and O–H groups in total. The molecule has 1 heteroatoms. The van der Waals surface area contributed by atoms with Crippen molar-refractivity contribution in [1.29, 1.82) is 5.26 Å². The van der Waals surface area contributed by atoms with Crippen LogP contribution in [0.1, 0.15) is 25.8 Å². The summed E-state index contributed by atoms with van der Waals surface area (Å²) < 4.78 is 7.75. The Morgan fingerprint density at radius 1 is 1.18 bits per heavy atom. The molecule has 0 bridgehead atoms. The fourth-order valence-corrected chi connectivity index (χ4v) is 1.91. The third kappa shape index (κ3) is 2.54. The van der Waals surface area contributed by atoms with E-state index in [0.717, 1.165) is 24.0 Å². The first kappa shape index (κ1) is 10.1. The summed E-state index contributed by atoms with van der Waals surface area (Å²) in [5.41, 5.74) is 3.59. The van der Waals surface area contributed by atoms with Gasteiger partial charge in [-0.3, -0.25) is 0 Å². The van der Waals surface area contributed by atoms with Crippen molar-refractivity contribution in [3.8, 4) is 17.2 Å². The third-order valence-corrected chi connectivity index (χ3v) is 2.77. The lowest BCUT2D eigenvalue weighted by Crippen LogP contribution is -1.86. The number of aryl methyl sites for hydroxylation is 1. The molecular weight excluding hydrogens is 206 g/mol. The maximum absolute atomic E-state index is 9.13. The summed E-state index contributed by atoms with van der Waals surface area (Å²) in [4.78, 5) is 0. The molecule has 1 nitrogen and oxygen atoms in total. The lowest BCUT2D eigenvalue weighted by Gasteiger charge is -2.05. The van der Waals surface area contributed by atoms with Crippen molar-refractivity contribution in [2.75, 3.05) is 0 Å². The van der Waals surface area contributed by atoms with E-state index in [2.05, 4.69) is 25.1 Å². The van der Waals surface area contributed by atoms with Crippen LogP contribution in [-0.4, -0.2) is 0 Å². The predicted molar refractivity (Wildman–Crippen MR) is 70.6 cm³/mol. The van der Waals surface area contributed by atoms with Crippen molar-refractivity contribution in [1.82, 2.24) is 0 Å². The number of nitrogens with zero attached hydrogens (tertiary/aromatic N) is 1. The van der Waals surface area contributed by atoms with Gasteiger partial charge in [-0.25, -0.2) is 0 Å². The average Bonchev–Trinajstić information content (AvgIpc) is 2.40. The van der Waals surface area contributed by atoms with E-state index < -0.39 is 0 Å². The maximum atomic E-state index is 9.13. The highest BCUT2D eigenvalue weighted by Gasteiger charge is 2.03. The second-order valence-electron chi connectivity index (χ2n) is 4.02. The Labute approximate surface area is 104 Å². The molecule has 0 aliphatic rings. The van der Waals surface area contributed by atoms with Crippen LogP contribution in [-0.2, 0) is 6.42 Å². The topological polar surface area (TPSA) is 23.8 Å². The normalized spacial score (nSPS) is 10.7. The summed E-state index contributed by atoms with van der Waals surface area (Å²) in [6.45, 7) is 2.16. The molecule has 0 spiro atoms. The molecule has 0 aliphatic carbocycles. The zero-order valence-corrected chi connectivity index (χ0v) is 9.90. The Balaban J connectivity index is 2.43. The van der Waals surface area contributed by atoms with Gasteiger partial charge in [0, 0.05) is 0 Å². The molecule has 0 aliphatic heterocycles.